The third kappa shape index (κ3) is 12.9. The number of likely N-dealkylation sites (tertiary alicyclic amines) is 1. The van der Waals surface area contributed by atoms with E-state index in [1.165, 1.54) is 29.2 Å². The second kappa shape index (κ2) is 22.6. The lowest BCUT2D eigenvalue weighted by molar-refractivity contribution is -0.141. The lowest BCUT2D eigenvalue weighted by Crippen LogP contribution is -2.57. The zero-order valence-corrected chi connectivity index (χ0v) is 36.6. The zero-order chi connectivity index (χ0) is 46.5. The standard InChI is InChI=1S/C45H58N8O11/c1-27-22-31-35(23-28(27)2)51(3)40-39(47-31)44(63)53(45(64)50-40)26-36(55)52-21-13-14-34(52)43(62)49-32(24-29-16-18-30(54)19-17-29)42(61)48-33(25-38(58)59)41(60)46-20-12-10-8-6-4-5-7-9-11-15-37(56)57/h16-19,22-23,32-34,54H,4-15,20-21,24-26H2,1-3H3,(H,46,60)(H,48,61)(H,49,62)(H,56,57)(H,58,59)/t32-,33-,34-/m0/s1. The van der Waals surface area contributed by atoms with Gasteiger partial charge in [-0.2, -0.15) is 4.98 Å². The molecule has 0 radical (unpaired) electrons. The van der Waals surface area contributed by atoms with Crippen molar-refractivity contribution in [2.45, 2.75) is 128 Å². The molecule has 344 valence electrons. The number of fused-ring (bicyclic) bond motifs is 2. The number of nitrogens with one attached hydrogen (secondary N) is 3. The van der Waals surface area contributed by atoms with Crippen molar-refractivity contribution < 1.29 is 44.1 Å². The largest absolute Gasteiger partial charge is 0.508 e. The van der Waals surface area contributed by atoms with Gasteiger partial charge in [-0.15, -0.1) is 0 Å². The molecule has 0 unspecified atom stereocenters. The molecule has 3 heterocycles. The van der Waals surface area contributed by atoms with Gasteiger partial charge in [0.25, 0.3) is 5.56 Å². The first-order valence-electron chi connectivity index (χ1n) is 21.8. The quantitative estimate of drug-likeness (QED) is 0.0463. The summed E-state index contributed by atoms with van der Waals surface area (Å²) in [5, 5.41) is 36.1. The molecule has 3 aliphatic heterocycles. The van der Waals surface area contributed by atoms with Crippen molar-refractivity contribution in [3.63, 3.8) is 0 Å². The summed E-state index contributed by atoms with van der Waals surface area (Å²) in [5.74, 6) is -5.11. The minimum absolute atomic E-state index is 0.0396. The minimum atomic E-state index is -1.48. The Balaban J connectivity index is 1.23. The summed E-state index contributed by atoms with van der Waals surface area (Å²) in [5.41, 5.74) is 1.72. The Bertz CT molecular complexity index is 2430. The van der Waals surface area contributed by atoms with E-state index >= 15 is 0 Å². The predicted molar refractivity (Wildman–Crippen MR) is 235 cm³/mol. The van der Waals surface area contributed by atoms with E-state index in [9.17, 15) is 48.6 Å². The molecule has 19 nitrogen and oxygen atoms in total. The fraction of sp³-hybridized carbons (Fsp3) is 0.511. The van der Waals surface area contributed by atoms with Crippen LogP contribution in [0, 0.1) is 13.8 Å². The number of hydrogen-bond donors (Lipinski definition) is 6. The maximum absolute atomic E-state index is 14.0. The number of carboxylic acid groups (broad SMARTS) is 2. The number of carbonyl (C=O) groups excluding carboxylic acids is 4. The van der Waals surface area contributed by atoms with Gasteiger partial charge in [0.15, 0.2) is 11.5 Å². The van der Waals surface area contributed by atoms with Crippen molar-refractivity contribution in [2.24, 2.45) is 7.05 Å². The van der Waals surface area contributed by atoms with Crippen LogP contribution in [0.5, 0.6) is 5.75 Å². The summed E-state index contributed by atoms with van der Waals surface area (Å²) in [6, 6.07) is 5.62. The lowest BCUT2D eigenvalue weighted by atomic mass is 10.0. The zero-order valence-electron chi connectivity index (χ0n) is 36.6. The molecule has 0 saturated carbocycles. The molecule has 64 heavy (non-hydrogen) atoms. The molecule has 4 amide bonds. The van der Waals surface area contributed by atoms with E-state index in [0.29, 0.717) is 40.4 Å². The van der Waals surface area contributed by atoms with E-state index in [1.54, 1.807) is 11.6 Å². The van der Waals surface area contributed by atoms with Crippen molar-refractivity contribution in [3.8, 4) is 17.3 Å². The molecule has 1 saturated heterocycles. The molecule has 0 bridgehead atoms. The molecule has 0 aliphatic carbocycles. The fourth-order valence-electron chi connectivity index (χ4n) is 7.90. The van der Waals surface area contributed by atoms with E-state index in [0.717, 1.165) is 56.1 Å². The van der Waals surface area contributed by atoms with E-state index in [1.807, 2.05) is 26.0 Å². The maximum atomic E-state index is 14.0. The van der Waals surface area contributed by atoms with Crippen LogP contribution < -0.4 is 27.2 Å². The molecule has 3 aliphatic rings. The number of carbonyl (C=O) groups is 6. The number of benzene rings is 2. The highest BCUT2D eigenvalue weighted by molar-refractivity contribution is 5.95. The van der Waals surface area contributed by atoms with Crippen molar-refractivity contribution >= 4 is 46.6 Å². The number of phenols is 1. The molecule has 5 rings (SSSR count). The normalized spacial score (nSPS) is 14.6. The summed E-state index contributed by atoms with van der Waals surface area (Å²) < 4.78 is 2.29. The fourth-order valence-corrected chi connectivity index (χ4v) is 7.90. The van der Waals surface area contributed by atoms with Gasteiger partial charge in [0.2, 0.25) is 23.6 Å². The van der Waals surface area contributed by atoms with Gasteiger partial charge < -0.3 is 40.7 Å². The number of aromatic nitrogens is 4. The molecule has 2 aromatic carbocycles. The third-order valence-electron chi connectivity index (χ3n) is 11.7. The van der Waals surface area contributed by atoms with Crippen LogP contribution in [-0.4, -0.2) is 106 Å². The second-order valence-corrected chi connectivity index (χ2v) is 16.5. The van der Waals surface area contributed by atoms with Crippen LogP contribution in [0.25, 0.3) is 22.6 Å². The van der Waals surface area contributed by atoms with Gasteiger partial charge in [-0.25, -0.2) is 14.3 Å². The predicted octanol–water partition coefficient (Wildman–Crippen LogP) is 2.70. The highest BCUT2D eigenvalue weighted by Crippen LogP contribution is 2.23. The first-order chi connectivity index (χ1) is 30.5. The summed E-state index contributed by atoms with van der Waals surface area (Å²) >= 11 is 0. The van der Waals surface area contributed by atoms with Crippen LogP contribution in [0.3, 0.4) is 0 Å². The Kier molecular flexibility index (Phi) is 17.1. The minimum Gasteiger partial charge on any atom is -0.508 e. The lowest BCUT2D eigenvalue weighted by Gasteiger charge is -2.27. The smallest absolute Gasteiger partial charge is 0.353 e. The number of unbranched alkanes of at least 4 members (excludes halogenated alkanes) is 8. The molecule has 3 atom stereocenters. The molecular formula is C45H58N8O11. The highest BCUT2D eigenvalue weighted by atomic mass is 16.4. The summed E-state index contributed by atoms with van der Waals surface area (Å²) in [7, 11) is 1.66. The van der Waals surface area contributed by atoms with E-state index in [-0.39, 0.29) is 49.6 Å². The topological polar surface area (TPSA) is 272 Å². The van der Waals surface area contributed by atoms with Gasteiger partial charge in [-0.05, 0) is 80.5 Å². The van der Waals surface area contributed by atoms with Crippen molar-refractivity contribution in [3.05, 3.63) is 73.9 Å². The summed E-state index contributed by atoms with van der Waals surface area (Å²) in [4.78, 5) is 114. The van der Waals surface area contributed by atoms with E-state index < -0.39 is 77.9 Å². The molecule has 2 aromatic rings. The molecule has 19 heteroatoms. The van der Waals surface area contributed by atoms with Gasteiger partial charge in [0.05, 0.1) is 17.5 Å². The number of amides is 4. The average molecular weight is 887 g/mol. The van der Waals surface area contributed by atoms with Gasteiger partial charge >= 0.3 is 17.6 Å². The number of rotatable bonds is 23. The van der Waals surface area contributed by atoms with Crippen LogP contribution in [-0.2, 0) is 48.8 Å². The number of nitrogens with zero attached hydrogens (tertiary/aromatic N) is 5. The van der Waals surface area contributed by atoms with Crippen LogP contribution in [0.2, 0.25) is 0 Å². The number of hydrogen-bond acceptors (Lipinski definition) is 11. The van der Waals surface area contributed by atoms with Gasteiger partial charge in [0, 0.05) is 33.0 Å². The van der Waals surface area contributed by atoms with Crippen LogP contribution in [0.15, 0.2) is 46.0 Å². The van der Waals surface area contributed by atoms with Gasteiger partial charge in [-0.1, -0.05) is 57.1 Å². The van der Waals surface area contributed by atoms with Gasteiger partial charge in [-0.3, -0.25) is 33.6 Å². The average Bonchev–Trinajstić information content (AvgIpc) is 3.75. The first-order valence-corrected chi connectivity index (χ1v) is 21.8. The SMILES string of the molecule is Cc1cc2nc3c(=O)n(CC(=O)N4CCC[C@H]4C(=O)N[C@@H](Cc4ccc(O)cc4)C(=O)N[C@@H](CC(=O)O)C(=O)NCCCCCCCCCCCC(=O)O)c(=O)nc-3n(C)c2cc1C. The molecule has 6 N–H and O–H groups in total. The van der Waals surface area contributed by atoms with Crippen molar-refractivity contribution in [2.75, 3.05) is 13.1 Å². The maximum Gasteiger partial charge on any atom is 0.353 e. The Morgan fingerprint density at radius 2 is 1.44 bits per heavy atom. The highest BCUT2D eigenvalue weighted by Gasteiger charge is 2.37. The molecular weight excluding hydrogens is 829 g/mol. The number of carboxylic acids is 2. The number of aliphatic carboxylic acids is 2. The molecule has 0 aromatic heterocycles. The monoisotopic (exact) mass is 886 g/mol. The summed E-state index contributed by atoms with van der Waals surface area (Å²) in [6.07, 6.45) is 7.84. The number of phenolic OH excluding ortho intramolecular Hbond substituents is 1. The number of aromatic hydroxyl groups is 1. The Hall–Kier alpha value is -6.66. The second-order valence-electron chi connectivity index (χ2n) is 16.5. The van der Waals surface area contributed by atoms with Crippen LogP contribution in [0.4, 0.5) is 0 Å². The van der Waals surface area contributed by atoms with Crippen molar-refractivity contribution in [1.29, 1.82) is 0 Å². The molecule has 0 spiro atoms. The first kappa shape index (κ1) is 48.4. The van der Waals surface area contributed by atoms with Crippen LogP contribution >= 0.6 is 0 Å². The number of aryl methyl sites for hydroxylation is 3. The van der Waals surface area contributed by atoms with Crippen molar-refractivity contribution in [1.82, 2.24) is 40.0 Å². The van der Waals surface area contributed by atoms with E-state index in [2.05, 4.69) is 25.9 Å². The summed E-state index contributed by atoms with van der Waals surface area (Å²) in [6.45, 7) is 3.48. The Morgan fingerprint density at radius 3 is 2.09 bits per heavy atom. The van der Waals surface area contributed by atoms with Gasteiger partial charge in [0.1, 0.15) is 30.4 Å². The Morgan fingerprint density at radius 1 is 0.797 bits per heavy atom. The van der Waals surface area contributed by atoms with E-state index in [4.69, 9.17) is 5.11 Å². The van der Waals surface area contributed by atoms with Crippen LogP contribution in [0.1, 0.15) is 100 Å². The third-order valence-corrected chi connectivity index (χ3v) is 11.7. The Labute approximate surface area is 369 Å². The molecule has 1 fully saturated rings.